The van der Waals surface area contributed by atoms with Crippen LogP contribution in [0.3, 0.4) is 0 Å². The molecule has 8 heteroatoms. The lowest BCUT2D eigenvalue weighted by Gasteiger charge is -2.06. The van der Waals surface area contributed by atoms with Crippen molar-refractivity contribution >= 4 is 46.8 Å². The van der Waals surface area contributed by atoms with Gasteiger partial charge >= 0.3 is 0 Å². The van der Waals surface area contributed by atoms with Crippen LogP contribution in [0.1, 0.15) is 16.8 Å². The number of pyridine rings is 1. The fourth-order valence-corrected chi connectivity index (χ4v) is 2.97. The molecule has 0 radical (unpaired) electrons. The molecule has 1 aromatic carbocycles. The molecule has 0 aliphatic rings. The van der Waals surface area contributed by atoms with Gasteiger partial charge in [-0.05, 0) is 36.8 Å². The molecule has 2 aromatic heterocycles. The molecule has 3 aromatic rings. The summed E-state index contributed by atoms with van der Waals surface area (Å²) in [6.07, 6.45) is 3.31. The summed E-state index contributed by atoms with van der Waals surface area (Å²) in [6, 6.07) is 10.9. The quantitative estimate of drug-likeness (QED) is 0.487. The molecule has 25 heavy (non-hydrogen) atoms. The summed E-state index contributed by atoms with van der Waals surface area (Å²) < 4.78 is 1.67. The number of nitrogens with one attached hydrogen (secondary N) is 1. The SMILES string of the molecule is Cc1nn(Cc2ccc(Cl)cc2Cl)c(Cl)c1/C=N\Nc1ccccn1. The second-order valence-corrected chi connectivity index (χ2v) is 6.47. The Labute approximate surface area is 160 Å². The Morgan fingerprint density at radius 3 is 2.76 bits per heavy atom. The highest BCUT2D eigenvalue weighted by molar-refractivity contribution is 6.35. The molecule has 3 rings (SSSR count). The van der Waals surface area contributed by atoms with E-state index in [1.165, 1.54) is 0 Å². The van der Waals surface area contributed by atoms with E-state index in [2.05, 4.69) is 20.6 Å². The first-order chi connectivity index (χ1) is 12.0. The Balaban J connectivity index is 1.78. The Morgan fingerprint density at radius 1 is 1.20 bits per heavy atom. The van der Waals surface area contributed by atoms with E-state index in [1.54, 1.807) is 29.2 Å². The van der Waals surface area contributed by atoms with Crippen LogP contribution in [0.25, 0.3) is 0 Å². The van der Waals surface area contributed by atoms with Gasteiger partial charge in [0, 0.05) is 16.2 Å². The Hall–Kier alpha value is -2.08. The van der Waals surface area contributed by atoms with Crippen LogP contribution in [0.4, 0.5) is 5.82 Å². The number of anilines is 1. The smallest absolute Gasteiger partial charge is 0.146 e. The topological polar surface area (TPSA) is 55.1 Å². The molecule has 5 nitrogen and oxygen atoms in total. The average molecular weight is 395 g/mol. The van der Waals surface area contributed by atoms with E-state index in [9.17, 15) is 0 Å². The maximum Gasteiger partial charge on any atom is 0.146 e. The van der Waals surface area contributed by atoms with Gasteiger partial charge < -0.3 is 0 Å². The number of hydrogen-bond acceptors (Lipinski definition) is 4. The zero-order valence-electron chi connectivity index (χ0n) is 13.2. The van der Waals surface area contributed by atoms with Crippen molar-refractivity contribution in [2.75, 3.05) is 5.43 Å². The van der Waals surface area contributed by atoms with Crippen molar-refractivity contribution < 1.29 is 0 Å². The highest BCUT2D eigenvalue weighted by atomic mass is 35.5. The number of halogens is 3. The lowest BCUT2D eigenvalue weighted by atomic mass is 10.2. The summed E-state index contributed by atoms with van der Waals surface area (Å²) >= 11 is 18.6. The fraction of sp³-hybridized carbons (Fsp3) is 0.118. The first kappa shape index (κ1) is 17.7. The maximum absolute atomic E-state index is 6.44. The van der Waals surface area contributed by atoms with Crippen LogP contribution in [-0.4, -0.2) is 21.0 Å². The summed E-state index contributed by atoms with van der Waals surface area (Å²) in [5, 5.41) is 10.3. The van der Waals surface area contributed by atoms with Gasteiger partial charge in [-0.25, -0.2) is 9.67 Å². The summed E-state index contributed by atoms with van der Waals surface area (Å²) in [6.45, 7) is 2.31. The predicted molar refractivity (Wildman–Crippen MR) is 103 cm³/mol. The van der Waals surface area contributed by atoms with Crippen LogP contribution in [0.2, 0.25) is 15.2 Å². The second kappa shape index (κ2) is 7.87. The van der Waals surface area contributed by atoms with Gasteiger partial charge in [0.15, 0.2) is 0 Å². The van der Waals surface area contributed by atoms with Gasteiger partial charge in [-0.15, -0.1) is 0 Å². The largest absolute Gasteiger partial charge is 0.261 e. The van der Waals surface area contributed by atoms with Crippen molar-refractivity contribution in [3.63, 3.8) is 0 Å². The third kappa shape index (κ3) is 4.31. The van der Waals surface area contributed by atoms with Crippen molar-refractivity contribution in [1.82, 2.24) is 14.8 Å². The zero-order chi connectivity index (χ0) is 17.8. The molecule has 0 saturated heterocycles. The molecular weight excluding hydrogens is 381 g/mol. The Kier molecular flexibility index (Phi) is 5.58. The molecular formula is C17H14Cl3N5. The third-order valence-corrected chi connectivity index (χ3v) is 4.47. The molecule has 2 heterocycles. The van der Waals surface area contributed by atoms with Gasteiger partial charge in [-0.1, -0.05) is 46.9 Å². The number of benzene rings is 1. The number of aryl methyl sites for hydroxylation is 1. The van der Waals surface area contributed by atoms with Crippen molar-refractivity contribution in [3.05, 3.63) is 74.6 Å². The van der Waals surface area contributed by atoms with Crippen LogP contribution >= 0.6 is 34.8 Å². The number of hydrogen-bond donors (Lipinski definition) is 1. The van der Waals surface area contributed by atoms with E-state index >= 15 is 0 Å². The molecule has 0 fully saturated rings. The summed E-state index contributed by atoms with van der Waals surface area (Å²) in [5.74, 6) is 0.646. The summed E-state index contributed by atoms with van der Waals surface area (Å²) in [4.78, 5) is 4.13. The highest BCUT2D eigenvalue weighted by Gasteiger charge is 2.13. The maximum atomic E-state index is 6.44. The lowest BCUT2D eigenvalue weighted by molar-refractivity contribution is 0.680. The minimum atomic E-state index is 0.442. The molecule has 0 aliphatic carbocycles. The number of hydrazone groups is 1. The van der Waals surface area contributed by atoms with Crippen molar-refractivity contribution in [2.24, 2.45) is 5.10 Å². The van der Waals surface area contributed by atoms with E-state index in [0.29, 0.717) is 27.6 Å². The monoisotopic (exact) mass is 393 g/mol. The third-order valence-electron chi connectivity index (χ3n) is 3.48. The van der Waals surface area contributed by atoms with Crippen LogP contribution in [-0.2, 0) is 6.54 Å². The van der Waals surface area contributed by atoms with E-state index in [-0.39, 0.29) is 0 Å². The molecule has 128 valence electrons. The van der Waals surface area contributed by atoms with Gasteiger partial charge in [0.2, 0.25) is 0 Å². The first-order valence-corrected chi connectivity index (χ1v) is 8.55. The average Bonchev–Trinajstić information content (AvgIpc) is 2.86. The summed E-state index contributed by atoms with van der Waals surface area (Å²) in [7, 11) is 0. The van der Waals surface area contributed by atoms with E-state index in [4.69, 9.17) is 34.8 Å². The standard InChI is InChI=1S/C17H14Cl3N5/c1-11-14(9-22-23-16-4-2-3-7-21-16)17(20)25(24-11)10-12-5-6-13(18)8-15(12)19/h2-9H,10H2,1H3,(H,21,23)/b22-9-. The second-order valence-electron chi connectivity index (χ2n) is 5.27. The van der Waals surface area contributed by atoms with E-state index < -0.39 is 0 Å². The first-order valence-electron chi connectivity index (χ1n) is 7.41. The minimum Gasteiger partial charge on any atom is -0.261 e. The Morgan fingerprint density at radius 2 is 2.04 bits per heavy atom. The van der Waals surface area contributed by atoms with Gasteiger partial charge in [0.05, 0.1) is 24.0 Å². The molecule has 1 N–H and O–H groups in total. The van der Waals surface area contributed by atoms with Gasteiger partial charge in [-0.3, -0.25) is 5.43 Å². The fourth-order valence-electron chi connectivity index (χ4n) is 2.22. The molecule has 0 atom stereocenters. The number of nitrogens with zero attached hydrogens (tertiary/aromatic N) is 4. The minimum absolute atomic E-state index is 0.442. The molecule has 0 saturated carbocycles. The van der Waals surface area contributed by atoms with Crippen molar-refractivity contribution in [2.45, 2.75) is 13.5 Å². The van der Waals surface area contributed by atoms with Gasteiger partial charge in [-0.2, -0.15) is 10.2 Å². The predicted octanol–water partition coefficient (Wildman–Crippen LogP) is 5.04. The van der Waals surface area contributed by atoms with Crippen LogP contribution in [0, 0.1) is 6.92 Å². The molecule has 0 spiro atoms. The van der Waals surface area contributed by atoms with Gasteiger partial charge in [0.25, 0.3) is 0 Å². The molecule has 0 aliphatic heterocycles. The van der Waals surface area contributed by atoms with Crippen molar-refractivity contribution in [3.8, 4) is 0 Å². The highest BCUT2D eigenvalue weighted by Crippen LogP contribution is 2.24. The van der Waals surface area contributed by atoms with Crippen LogP contribution in [0.5, 0.6) is 0 Å². The number of rotatable bonds is 5. The molecule has 0 unspecified atom stereocenters. The van der Waals surface area contributed by atoms with E-state index in [1.807, 2.05) is 31.2 Å². The van der Waals surface area contributed by atoms with Crippen LogP contribution < -0.4 is 5.43 Å². The summed E-state index contributed by atoms with van der Waals surface area (Å²) in [5.41, 5.74) is 5.23. The number of aromatic nitrogens is 3. The molecule has 0 amide bonds. The zero-order valence-corrected chi connectivity index (χ0v) is 15.5. The lowest BCUT2D eigenvalue weighted by Crippen LogP contribution is -2.03. The van der Waals surface area contributed by atoms with Crippen LogP contribution in [0.15, 0.2) is 47.7 Å². The normalized spacial score (nSPS) is 11.2. The van der Waals surface area contributed by atoms with Gasteiger partial charge in [0.1, 0.15) is 11.0 Å². The Bertz CT molecular complexity index is 906. The molecule has 0 bridgehead atoms. The van der Waals surface area contributed by atoms with E-state index in [0.717, 1.165) is 16.8 Å². The van der Waals surface area contributed by atoms with Crippen molar-refractivity contribution in [1.29, 1.82) is 0 Å².